The lowest BCUT2D eigenvalue weighted by atomic mass is 10.2. The van der Waals surface area contributed by atoms with Gasteiger partial charge in [-0.1, -0.05) is 19.1 Å². The van der Waals surface area contributed by atoms with Crippen LogP contribution in [0.4, 0.5) is 10.1 Å². The van der Waals surface area contributed by atoms with Gasteiger partial charge in [0.15, 0.2) is 0 Å². The Morgan fingerprint density at radius 2 is 2.16 bits per heavy atom. The molecule has 0 spiro atoms. The molecule has 1 aromatic carbocycles. The number of methoxy groups -OCH3 is 1. The third kappa shape index (κ3) is 4.39. The van der Waals surface area contributed by atoms with Crippen LogP contribution in [0.25, 0.3) is 0 Å². The minimum absolute atomic E-state index is 0.261. The minimum atomic E-state index is -0.308. The second-order valence-corrected chi connectivity index (χ2v) is 4.09. The van der Waals surface area contributed by atoms with Crippen LogP contribution in [0.15, 0.2) is 35.9 Å². The maximum Gasteiger partial charge on any atom is 0.333 e. The van der Waals surface area contributed by atoms with E-state index in [-0.39, 0.29) is 11.8 Å². The predicted molar refractivity (Wildman–Crippen MR) is 74.7 cm³/mol. The topological polar surface area (TPSA) is 29.5 Å². The molecule has 4 heteroatoms. The Balaban J connectivity index is 2.82. The summed E-state index contributed by atoms with van der Waals surface area (Å²) >= 11 is 0. The van der Waals surface area contributed by atoms with Gasteiger partial charge in [0.1, 0.15) is 5.82 Å². The number of esters is 1. The van der Waals surface area contributed by atoms with Crippen molar-refractivity contribution in [1.29, 1.82) is 0 Å². The first-order valence-corrected chi connectivity index (χ1v) is 6.40. The molecule has 0 bridgehead atoms. The van der Waals surface area contributed by atoms with Crippen LogP contribution in [0.1, 0.15) is 20.3 Å². The number of hydrogen-bond acceptors (Lipinski definition) is 3. The van der Waals surface area contributed by atoms with Crippen LogP contribution in [0.2, 0.25) is 0 Å². The predicted octanol–water partition coefficient (Wildman–Crippen LogP) is 3.16. The first-order valence-electron chi connectivity index (χ1n) is 6.40. The summed E-state index contributed by atoms with van der Waals surface area (Å²) in [4.78, 5) is 13.5. The molecule has 0 aromatic heterocycles. The van der Waals surface area contributed by atoms with E-state index < -0.39 is 0 Å². The molecular formula is C15H20FNO2. The third-order valence-corrected chi connectivity index (χ3v) is 2.94. The molecule has 3 nitrogen and oxygen atoms in total. The van der Waals surface area contributed by atoms with Gasteiger partial charge < -0.3 is 9.64 Å². The second-order valence-electron chi connectivity index (χ2n) is 4.09. The summed E-state index contributed by atoms with van der Waals surface area (Å²) in [6.45, 7) is 5.18. The van der Waals surface area contributed by atoms with Crippen molar-refractivity contribution in [3.8, 4) is 0 Å². The molecule has 0 N–H and O–H groups in total. The molecule has 0 unspecified atom stereocenters. The average Bonchev–Trinajstić information content (AvgIpc) is 2.43. The highest BCUT2D eigenvalue weighted by Crippen LogP contribution is 2.16. The number of rotatable bonds is 6. The van der Waals surface area contributed by atoms with Gasteiger partial charge in [-0.3, -0.25) is 0 Å². The number of hydrogen-bond donors (Lipinski definition) is 0. The maximum absolute atomic E-state index is 13.2. The van der Waals surface area contributed by atoms with Gasteiger partial charge in [0, 0.05) is 24.4 Å². The van der Waals surface area contributed by atoms with Gasteiger partial charge in [-0.05, 0) is 31.5 Å². The van der Waals surface area contributed by atoms with Crippen LogP contribution in [-0.2, 0) is 9.53 Å². The Labute approximate surface area is 113 Å². The highest BCUT2D eigenvalue weighted by Gasteiger charge is 2.08. The number of nitrogens with zero attached hydrogens (tertiary/aromatic N) is 1. The van der Waals surface area contributed by atoms with Crippen molar-refractivity contribution in [3.05, 3.63) is 41.7 Å². The van der Waals surface area contributed by atoms with Crippen molar-refractivity contribution in [3.63, 3.8) is 0 Å². The number of likely N-dealkylation sites (N-methyl/N-ethyl adjacent to an activating group) is 1. The summed E-state index contributed by atoms with van der Waals surface area (Å²) in [7, 11) is 1.37. The Hall–Kier alpha value is -1.84. The van der Waals surface area contributed by atoms with Crippen molar-refractivity contribution in [2.75, 3.05) is 25.1 Å². The summed E-state index contributed by atoms with van der Waals surface area (Å²) < 4.78 is 17.9. The summed E-state index contributed by atoms with van der Waals surface area (Å²) in [5.74, 6) is -0.568. The van der Waals surface area contributed by atoms with Crippen molar-refractivity contribution in [1.82, 2.24) is 0 Å². The van der Waals surface area contributed by atoms with Crippen LogP contribution in [-0.4, -0.2) is 26.2 Å². The van der Waals surface area contributed by atoms with Crippen LogP contribution < -0.4 is 4.90 Å². The lowest BCUT2D eigenvalue weighted by molar-refractivity contribution is -0.136. The van der Waals surface area contributed by atoms with Gasteiger partial charge in [0.25, 0.3) is 0 Å². The molecule has 0 amide bonds. The zero-order valence-electron chi connectivity index (χ0n) is 11.6. The summed E-state index contributed by atoms with van der Waals surface area (Å²) in [5, 5.41) is 0. The van der Waals surface area contributed by atoms with E-state index in [0.29, 0.717) is 18.5 Å². The molecule has 0 aliphatic carbocycles. The summed E-state index contributed by atoms with van der Waals surface area (Å²) in [5.41, 5.74) is 1.44. The fraction of sp³-hybridized carbons (Fsp3) is 0.400. The van der Waals surface area contributed by atoms with E-state index >= 15 is 0 Å². The van der Waals surface area contributed by atoms with Gasteiger partial charge in [-0.25, -0.2) is 9.18 Å². The van der Waals surface area contributed by atoms with Gasteiger partial charge >= 0.3 is 5.97 Å². The molecule has 0 saturated carbocycles. The maximum atomic E-state index is 13.2. The first kappa shape index (κ1) is 15.2. The van der Waals surface area contributed by atoms with Crippen molar-refractivity contribution in [2.24, 2.45) is 0 Å². The van der Waals surface area contributed by atoms with Crippen LogP contribution in [0.5, 0.6) is 0 Å². The Bertz CT molecular complexity index is 457. The number of anilines is 1. The van der Waals surface area contributed by atoms with E-state index in [0.717, 1.165) is 12.2 Å². The van der Waals surface area contributed by atoms with Crippen molar-refractivity contribution < 1.29 is 13.9 Å². The molecule has 1 aromatic rings. The molecule has 0 aliphatic rings. The molecule has 19 heavy (non-hydrogen) atoms. The smallest absolute Gasteiger partial charge is 0.333 e. The van der Waals surface area contributed by atoms with Crippen LogP contribution in [0, 0.1) is 5.82 Å². The Morgan fingerprint density at radius 1 is 1.42 bits per heavy atom. The van der Waals surface area contributed by atoms with Gasteiger partial charge in [-0.15, -0.1) is 0 Å². The zero-order valence-corrected chi connectivity index (χ0v) is 11.6. The van der Waals surface area contributed by atoms with E-state index in [1.165, 1.54) is 19.2 Å². The fourth-order valence-corrected chi connectivity index (χ4v) is 1.81. The lowest BCUT2D eigenvalue weighted by Gasteiger charge is -2.21. The quantitative estimate of drug-likeness (QED) is 0.584. The highest BCUT2D eigenvalue weighted by molar-refractivity contribution is 5.88. The minimum Gasteiger partial charge on any atom is -0.466 e. The standard InChI is InChI=1S/C15H20FNO2/c1-4-12(15(18)19-3)9-10-17(5-2)14-8-6-7-13(16)11-14/h6-9,11H,4-5,10H2,1-3H3. The number of ether oxygens (including phenoxy) is 1. The SMILES string of the molecule is CCC(=CCN(CC)c1cccc(F)c1)C(=O)OC. The number of carbonyl (C=O) groups excluding carboxylic acids is 1. The summed E-state index contributed by atoms with van der Waals surface area (Å²) in [6.07, 6.45) is 2.45. The molecule has 0 atom stereocenters. The van der Waals surface area contributed by atoms with E-state index in [1.54, 1.807) is 6.07 Å². The second kappa shape index (κ2) is 7.56. The van der Waals surface area contributed by atoms with Crippen molar-refractivity contribution >= 4 is 11.7 Å². The van der Waals surface area contributed by atoms with Gasteiger partial charge in [0.2, 0.25) is 0 Å². The number of benzene rings is 1. The Kier molecular flexibility index (Phi) is 6.06. The molecule has 104 valence electrons. The normalized spacial score (nSPS) is 11.3. The van der Waals surface area contributed by atoms with E-state index in [9.17, 15) is 9.18 Å². The molecule has 0 fully saturated rings. The highest BCUT2D eigenvalue weighted by atomic mass is 19.1. The lowest BCUT2D eigenvalue weighted by Crippen LogP contribution is -2.23. The van der Waals surface area contributed by atoms with Crippen LogP contribution in [0.3, 0.4) is 0 Å². The average molecular weight is 265 g/mol. The van der Waals surface area contributed by atoms with Crippen molar-refractivity contribution in [2.45, 2.75) is 20.3 Å². The summed E-state index contributed by atoms with van der Waals surface area (Å²) in [6, 6.07) is 6.43. The number of carbonyl (C=O) groups is 1. The zero-order chi connectivity index (χ0) is 14.3. The van der Waals surface area contributed by atoms with E-state index in [1.807, 2.05) is 30.9 Å². The van der Waals surface area contributed by atoms with Crippen LogP contribution >= 0.6 is 0 Å². The fourth-order valence-electron chi connectivity index (χ4n) is 1.81. The van der Waals surface area contributed by atoms with E-state index in [4.69, 9.17) is 4.74 Å². The molecule has 0 radical (unpaired) electrons. The number of halogens is 1. The molecule has 0 saturated heterocycles. The first-order chi connectivity index (χ1) is 9.12. The van der Waals surface area contributed by atoms with Gasteiger partial charge in [-0.2, -0.15) is 0 Å². The van der Waals surface area contributed by atoms with Gasteiger partial charge in [0.05, 0.1) is 7.11 Å². The molecular weight excluding hydrogens is 245 g/mol. The molecule has 0 aliphatic heterocycles. The Morgan fingerprint density at radius 3 is 2.68 bits per heavy atom. The molecule has 0 heterocycles. The largest absolute Gasteiger partial charge is 0.466 e. The molecule has 1 rings (SSSR count). The van der Waals surface area contributed by atoms with E-state index in [2.05, 4.69) is 0 Å². The third-order valence-electron chi connectivity index (χ3n) is 2.94. The monoisotopic (exact) mass is 265 g/mol.